The number of likely N-dealkylation sites (tertiary alicyclic amines) is 1. The Morgan fingerprint density at radius 3 is 2.90 bits per heavy atom. The van der Waals surface area contributed by atoms with Crippen LogP contribution in [-0.2, 0) is 4.79 Å². The van der Waals surface area contributed by atoms with E-state index >= 15 is 0 Å². The second-order valence-electron chi connectivity index (χ2n) is 6.24. The van der Waals surface area contributed by atoms with Crippen LogP contribution in [0.5, 0.6) is 5.75 Å². The molecule has 0 aliphatic carbocycles. The normalized spacial score (nSPS) is 22.4. The predicted molar refractivity (Wildman–Crippen MR) is 84.4 cm³/mol. The molecular formula is C17H26N2O2. The Kier molecular flexibility index (Phi) is 5.23. The Morgan fingerprint density at radius 2 is 2.24 bits per heavy atom. The molecule has 116 valence electrons. The van der Waals surface area contributed by atoms with Gasteiger partial charge in [-0.25, -0.2) is 0 Å². The molecule has 0 unspecified atom stereocenters. The number of ether oxygens (including phenoxy) is 1. The highest BCUT2D eigenvalue weighted by molar-refractivity contribution is 5.78. The molecule has 2 N–H and O–H groups in total. The van der Waals surface area contributed by atoms with Crippen molar-refractivity contribution in [2.75, 3.05) is 13.2 Å². The number of amides is 1. The maximum Gasteiger partial charge on any atom is 0.260 e. The monoisotopic (exact) mass is 290 g/mol. The number of piperidine rings is 1. The SMILES string of the molecule is CC(C)c1cccc(OCC(=O)N2CC[C@@H](N)C[C@H]2C)c1. The zero-order chi connectivity index (χ0) is 15.4. The molecule has 1 saturated heterocycles. The number of benzene rings is 1. The molecule has 1 fully saturated rings. The smallest absolute Gasteiger partial charge is 0.260 e. The first kappa shape index (κ1) is 15.8. The fourth-order valence-corrected chi connectivity index (χ4v) is 2.77. The molecule has 1 amide bonds. The van der Waals surface area contributed by atoms with Crippen LogP contribution >= 0.6 is 0 Å². The van der Waals surface area contributed by atoms with Crippen molar-refractivity contribution in [1.82, 2.24) is 4.90 Å². The molecule has 0 bridgehead atoms. The number of carbonyl (C=O) groups is 1. The van der Waals surface area contributed by atoms with E-state index in [4.69, 9.17) is 10.5 Å². The molecule has 0 aromatic heterocycles. The van der Waals surface area contributed by atoms with Gasteiger partial charge in [0.05, 0.1) is 0 Å². The summed E-state index contributed by atoms with van der Waals surface area (Å²) in [5.74, 6) is 1.26. The molecule has 0 saturated carbocycles. The van der Waals surface area contributed by atoms with Crippen LogP contribution in [0.3, 0.4) is 0 Å². The lowest BCUT2D eigenvalue weighted by Gasteiger charge is -2.36. The van der Waals surface area contributed by atoms with Crippen molar-refractivity contribution in [3.8, 4) is 5.75 Å². The van der Waals surface area contributed by atoms with Crippen LogP contribution in [-0.4, -0.2) is 36.0 Å². The molecule has 4 nitrogen and oxygen atoms in total. The summed E-state index contributed by atoms with van der Waals surface area (Å²) in [6.07, 6.45) is 1.74. The van der Waals surface area contributed by atoms with E-state index in [0.717, 1.165) is 25.1 Å². The van der Waals surface area contributed by atoms with Gasteiger partial charge in [-0.1, -0.05) is 26.0 Å². The van der Waals surface area contributed by atoms with Gasteiger partial charge in [-0.2, -0.15) is 0 Å². The van der Waals surface area contributed by atoms with E-state index < -0.39 is 0 Å². The van der Waals surface area contributed by atoms with Crippen LogP contribution in [0.25, 0.3) is 0 Å². The van der Waals surface area contributed by atoms with Gasteiger partial charge in [0, 0.05) is 18.6 Å². The summed E-state index contributed by atoms with van der Waals surface area (Å²) >= 11 is 0. The molecule has 0 spiro atoms. The van der Waals surface area contributed by atoms with Crippen LogP contribution in [0, 0.1) is 0 Å². The summed E-state index contributed by atoms with van der Waals surface area (Å²) in [6, 6.07) is 8.37. The number of nitrogens with two attached hydrogens (primary N) is 1. The van der Waals surface area contributed by atoms with Crippen molar-refractivity contribution >= 4 is 5.91 Å². The van der Waals surface area contributed by atoms with Crippen molar-refractivity contribution in [3.05, 3.63) is 29.8 Å². The van der Waals surface area contributed by atoms with E-state index in [2.05, 4.69) is 26.8 Å². The van der Waals surface area contributed by atoms with Crippen molar-refractivity contribution in [2.45, 2.75) is 51.6 Å². The number of hydrogen-bond donors (Lipinski definition) is 1. The standard InChI is InChI=1S/C17H26N2O2/c1-12(2)14-5-4-6-16(10-14)21-11-17(20)19-8-7-15(18)9-13(19)3/h4-6,10,12-13,15H,7-9,11,18H2,1-3H3/t13-,15-/m1/s1. The Morgan fingerprint density at radius 1 is 1.48 bits per heavy atom. The van der Waals surface area contributed by atoms with Gasteiger partial charge in [0.2, 0.25) is 0 Å². The molecule has 2 rings (SSSR count). The van der Waals surface area contributed by atoms with Crippen molar-refractivity contribution in [2.24, 2.45) is 5.73 Å². The molecule has 2 atom stereocenters. The highest BCUT2D eigenvalue weighted by atomic mass is 16.5. The molecule has 21 heavy (non-hydrogen) atoms. The maximum atomic E-state index is 12.3. The first-order chi connectivity index (χ1) is 9.97. The summed E-state index contributed by atoms with van der Waals surface area (Å²) in [4.78, 5) is 14.2. The summed E-state index contributed by atoms with van der Waals surface area (Å²) in [6.45, 7) is 7.17. The van der Waals surface area contributed by atoms with Crippen LogP contribution in [0.1, 0.15) is 45.1 Å². The summed E-state index contributed by atoms with van der Waals surface area (Å²) in [5.41, 5.74) is 7.15. The van der Waals surface area contributed by atoms with Crippen LogP contribution in [0.4, 0.5) is 0 Å². The van der Waals surface area contributed by atoms with Gasteiger partial charge in [-0.15, -0.1) is 0 Å². The fourth-order valence-electron chi connectivity index (χ4n) is 2.77. The van der Waals surface area contributed by atoms with Crippen LogP contribution in [0.2, 0.25) is 0 Å². The largest absolute Gasteiger partial charge is 0.484 e. The lowest BCUT2D eigenvalue weighted by atomic mass is 9.99. The van der Waals surface area contributed by atoms with Crippen molar-refractivity contribution < 1.29 is 9.53 Å². The highest BCUT2D eigenvalue weighted by Crippen LogP contribution is 2.21. The molecule has 0 radical (unpaired) electrons. The minimum atomic E-state index is 0.0457. The van der Waals surface area contributed by atoms with E-state index in [9.17, 15) is 4.79 Å². The highest BCUT2D eigenvalue weighted by Gasteiger charge is 2.27. The molecule has 1 heterocycles. The van der Waals surface area contributed by atoms with Gasteiger partial charge >= 0.3 is 0 Å². The van der Waals surface area contributed by atoms with E-state index in [1.165, 1.54) is 5.56 Å². The minimum absolute atomic E-state index is 0.0457. The average molecular weight is 290 g/mol. The topological polar surface area (TPSA) is 55.6 Å². The quantitative estimate of drug-likeness (QED) is 0.927. The van der Waals surface area contributed by atoms with Gasteiger partial charge in [0.1, 0.15) is 5.75 Å². The first-order valence-corrected chi connectivity index (χ1v) is 7.75. The molecule has 1 aliphatic heterocycles. The third-order valence-electron chi connectivity index (χ3n) is 4.12. The number of hydrogen-bond acceptors (Lipinski definition) is 3. The molecule has 4 heteroatoms. The molecule has 1 aromatic rings. The third kappa shape index (κ3) is 4.21. The van der Waals surface area contributed by atoms with E-state index in [1.54, 1.807) is 0 Å². The fraction of sp³-hybridized carbons (Fsp3) is 0.588. The van der Waals surface area contributed by atoms with Gasteiger partial charge in [-0.05, 0) is 43.4 Å². The Balaban J connectivity index is 1.90. The zero-order valence-electron chi connectivity index (χ0n) is 13.2. The Labute approximate surface area is 127 Å². The lowest BCUT2D eigenvalue weighted by molar-refractivity contribution is -0.136. The Hall–Kier alpha value is -1.55. The van der Waals surface area contributed by atoms with Gasteiger partial charge in [0.15, 0.2) is 6.61 Å². The average Bonchev–Trinajstić information content (AvgIpc) is 2.45. The van der Waals surface area contributed by atoms with Crippen LogP contribution in [0.15, 0.2) is 24.3 Å². The predicted octanol–water partition coefficient (Wildman–Crippen LogP) is 2.53. The lowest BCUT2D eigenvalue weighted by Crippen LogP contribution is -2.49. The third-order valence-corrected chi connectivity index (χ3v) is 4.12. The minimum Gasteiger partial charge on any atom is -0.484 e. The maximum absolute atomic E-state index is 12.3. The number of nitrogens with zero attached hydrogens (tertiary/aromatic N) is 1. The Bertz CT molecular complexity index is 487. The molecule has 1 aliphatic rings. The van der Waals surface area contributed by atoms with Gasteiger partial charge in [0.25, 0.3) is 5.91 Å². The van der Waals surface area contributed by atoms with Gasteiger partial charge < -0.3 is 15.4 Å². The van der Waals surface area contributed by atoms with Crippen LogP contribution < -0.4 is 10.5 Å². The van der Waals surface area contributed by atoms with E-state index in [0.29, 0.717) is 5.92 Å². The number of rotatable bonds is 4. The summed E-state index contributed by atoms with van der Waals surface area (Å²) < 4.78 is 5.66. The van der Waals surface area contributed by atoms with Crippen molar-refractivity contribution in [3.63, 3.8) is 0 Å². The molecule has 1 aromatic carbocycles. The van der Waals surface area contributed by atoms with E-state index in [1.807, 2.05) is 23.1 Å². The molecular weight excluding hydrogens is 264 g/mol. The summed E-state index contributed by atoms with van der Waals surface area (Å²) in [7, 11) is 0. The van der Waals surface area contributed by atoms with Gasteiger partial charge in [-0.3, -0.25) is 4.79 Å². The first-order valence-electron chi connectivity index (χ1n) is 7.75. The van der Waals surface area contributed by atoms with Crippen molar-refractivity contribution in [1.29, 1.82) is 0 Å². The summed E-state index contributed by atoms with van der Waals surface area (Å²) in [5, 5.41) is 0. The second kappa shape index (κ2) is 6.94. The van der Waals surface area contributed by atoms with E-state index in [-0.39, 0.29) is 24.6 Å². The number of carbonyl (C=O) groups excluding carboxylic acids is 1. The second-order valence-corrected chi connectivity index (χ2v) is 6.24. The zero-order valence-corrected chi connectivity index (χ0v) is 13.2.